The predicted octanol–water partition coefficient (Wildman–Crippen LogP) is 3.06. The maximum atomic E-state index is 5.90. The maximum Gasteiger partial charge on any atom is 0.114 e. The molecule has 2 heteroatoms. The summed E-state index contributed by atoms with van der Waals surface area (Å²) >= 11 is 0. The smallest absolute Gasteiger partial charge is 0.114 e. The summed E-state index contributed by atoms with van der Waals surface area (Å²) in [5, 5.41) is 3.34. The van der Waals surface area contributed by atoms with E-state index >= 15 is 0 Å². The van der Waals surface area contributed by atoms with Crippen molar-refractivity contribution in [2.75, 3.05) is 13.7 Å². The van der Waals surface area contributed by atoms with Gasteiger partial charge in [-0.25, -0.2) is 0 Å². The van der Waals surface area contributed by atoms with Crippen LogP contribution in [0.2, 0.25) is 0 Å². The molecular weight excluding hydrogens is 210 g/mol. The molecule has 17 heavy (non-hydrogen) atoms. The lowest BCUT2D eigenvalue weighted by molar-refractivity contribution is 0.156. The van der Waals surface area contributed by atoms with Gasteiger partial charge in [0.05, 0.1) is 12.6 Å². The van der Waals surface area contributed by atoms with Crippen LogP contribution in [-0.2, 0) is 11.2 Å². The van der Waals surface area contributed by atoms with Crippen molar-refractivity contribution in [2.45, 2.75) is 26.3 Å². The standard InChI is InChI=1S/C15H21NO/c1-11(2)10-17-14-9-8-12-6-4-5-7-13(12)15(14)16-3/h4-7,9,11,15-16H,8,10H2,1-3H3. The Morgan fingerprint density at radius 3 is 2.82 bits per heavy atom. The van der Waals surface area contributed by atoms with Gasteiger partial charge in [-0.3, -0.25) is 0 Å². The van der Waals surface area contributed by atoms with Gasteiger partial charge < -0.3 is 10.1 Å². The van der Waals surface area contributed by atoms with Crippen molar-refractivity contribution in [2.24, 2.45) is 5.92 Å². The fraction of sp³-hybridized carbons (Fsp3) is 0.467. The highest BCUT2D eigenvalue weighted by Crippen LogP contribution is 2.30. The molecule has 1 aromatic carbocycles. The first-order valence-electron chi connectivity index (χ1n) is 6.30. The van der Waals surface area contributed by atoms with Crippen LogP contribution in [0.15, 0.2) is 36.1 Å². The van der Waals surface area contributed by atoms with Gasteiger partial charge in [0.2, 0.25) is 0 Å². The topological polar surface area (TPSA) is 21.3 Å². The maximum absolute atomic E-state index is 5.90. The fourth-order valence-corrected chi connectivity index (χ4v) is 2.19. The summed E-state index contributed by atoms with van der Waals surface area (Å²) in [5.74, 6) is 1.63. The molecule has 1 unspecified atom stereocenters. The van der Waals surface area contributed by atoms with Crippen molar-refractivity contribution in [1.82, 2.24) is 5.32 Å². The largest absolute Gasteiger partial charge is 0.496 e. The zero-order valence-corrected chi connectivity index (χ0v) is 10.9. The fourth-order valence-electron chi connectivity index (χ4n) is 2.19. The van der Waals surface area contributed by atoms with E-state index in [1.165, 1.54) is 11.1 Å². The van der Waals surface area contributed by atoms with E-state index < -0.39 is 0 Å². The summed E-state index contributed by atoms with van der Waals surface area (Å²) in [6, 6.07) is 8.77. The molecule has 1 aliphatic carbocycles. The van der Waals surface area contributed by atoms with Crippen LogP contribution in [-0.4, -0.2) is 13.7 Å². The highest BCUT2D eigenvalue weighted by Gasteiger charge is 2.22. The van der Waals surface area contributed by atoms with Crippen molar-refractivity contribution in [3.05, 3.63) is 47.2 Å². The lowest BCUT2D eigenvalue weighted by Gasteiger charge is -2.27. The summed E-state index contributed by atoms with van der Waals surface area (Å²) < 4.78 is 5.90. The van der Waals surface area contributed by atoms with Crippen molar-refractivity contribution in [3.8, 4) is 0 Å². The van der Waals surface area contributed by atoms with E-state index in [4.69, 9.17) is 4.74 Å². The van der Waals surface area contributed by atoms with E-state index in [2.05, 4.69) is 49.5 Å². The van der Waals surface area contributed by atoms with Gasteiger partial charge in [-0.2, -0.15) is 0 Å². The summed E-state index contributed by atoms with van der Waals surface area (Å²) in [4.78, 5) is 0. The van der Waals surface area contributed by atoms with E-state index in [0.717, 1.165) is 18.8 Å². The molecule has 2 rings (SSSR count). The summed E-state index contributed by atoms with van der Waals surface area (Å²) in [7, 11) is 1.99. The Labute approximate surface area is 104 Å². The molecule has 0 heterocycles. The second-order valence-corrected chi connectivity index (χ2v) is 4.94. The molecular formula is C15H21NO. The molecule has 0 spiro atoms. The molecule has 0 bridgehead atoms. The molecule has 0 aromatic heterocycles. The van der Waals surface area contributed by atoms with Crippen LogP contribution < -0.4 is 5.32 Å². The van der Waals surface area contributed by atoms with E-state index in [1.807, 2.05) is 7.05 Å². The Balaban J connectivity index is 2.17. The number of allylic oxidation sites excluding steroid dienone is 1. The Bertz CT molecular complexity index is 409. The number of fused-ring (bicyclic) bond motifs is 1. The van der Waals surface area contributed by atoms with Crippen LogP contribution in [0.1, 0.15) is 31.0 Å². The van der Waals surface area contributed by atoms with Crippen LogP contribution in [0.25, 0.3) is 0 Å². The normalized spacial score (nSPS) is 18.8. The van der Waals surface area contributed by atoms with Crippen LogP contribution in [0.4, 0.5) is 0 Å². The Hall–Kier alpha value is -1.28. The van der Waals surface area contributed by atoms with Crippen LogP contribution >= 0.6 is 0 Å². The molecule has 1 aliphatic rings. The minimum Gasteiger partial charge on any atom is -0.496 e. The second-order valence-electron chi connectivity index (χ2n) is 4.94. The first-order valence-corrected chi connectivity index (χ1v) is 6.30. The Morgan fingerprint density at radius 1 is 1.35 bits per heavy atom. The van der Waals surface area contributed by atoms with E-state index in [9.17, 15) is 0 Å². The van der Waals surface area contributed by atoms with Crippen molar-refractivity contribution in [3.63, 3.8) is 0 Å². The molecule has 1 aromatic rings. The quantitative estimate of drug-likeness (QED) is 0.860. The lowest BCUT2D eigenvalue weighted by atomic mass is 9.91. The molecule has 0 radical (unpaired) electrons. The number of hydrogen-bond donors (Lipinski definition) is 1. The number of hydrogen-bond acceptors (Lipinski definition) is 2. The summed E-state index contributed by atoms with van der Waals surface area (Å²) in [5.41, 5.74) is 2.74. The zero-order chi connectivity index (χ0) is 12.3. The van der Waals surface area contributed by atoms with Gasteiger partial charge in [0, 0.05) is 0 Å². The summed E-state index contributed by atoms with van der Waals surface area (Å²) in [6.45, 7) is 5.13. The van der Waals surface area contributed by atoms with Crippen LogP contribution in [0, 0.1) is 5.92 Å². The first kappa shape index (κ1) is 12.2. The van der Waals surface area contributed by atoms with E-state index in [1.54, 1.807) is 0 Å². The minimum atomic E-state index is 0.207. The lowest BCUT2D eigenvalue weighted by Crippen LogP contribution is -2.25. The average molecular weight is 231 g/mol. The van der Waals surface area contributed by atoms with Gasteiger partial charge in [0.15, 0.2) is 0 Å². The van der Waals surface area contributed by atoms with Crippen molar-refractivity contribution in [1.29, 1.82) is 0 Å². The number of nitrogens with one attached hydrogen (secondary N) is 1. The Morgan fingerprint density at radius 2 is 2.12 bits per heavy atom. The third-order valence-electron chi connectivity index (χ3n) is 3.05. The molecule has 0 aliphatic heterocycles. The SMILES string of the molecule is CNC1C(OCC(C)C)=CCc2ccccc21. The Kier molecular flexibility index (Phi) is 3.85. The molecule has 0 saturated heterocycles. The predicted molar refractivity (Wildman–Crippen MR) is 70.8 cm³/mol. The minimum absolute atomic E-state index is 0.207. The second kappa shape index (κ2) is 5.37. The van der Waals surface area contributed by atoms with Gasteiger partial charge >= 0.3 is 0 Å². The van der Waals surface area contributed by atoms with Gasteiger partial charge in [0.25, 0.3) is 0 Å². The number of ether oxygens (including phenoxy) is 1. The molecule has 1 N–H and O–H groups in total. The molecule has 2 nitrogen and oxygen atoms in total. The molecule has 0 saturated carbocycles. The van der Waals surface area contributed by atoms with Crippen molar-refractivity contribution < 1.29 is 4.74 Å². The van der Waals surface area contributed by atoms with Gasteiger partial charge in [-0.1, -0.05) is 38.1 Å². The molecule has 1 atom stereocenters. The molecule has 0 amide bonds. The highest BCUT2D eigenvalue weighted by atomic mass is 16.5. The number of rotatable bonds is 4. The third kappa shape index (κ3) is 2.70. The van der Waals surface area contributed by atoms with Crippen molar-refractivity contribution >= 4 is 0 Å². The van der Waals surface area contributed by atoms with E-state index in [-0.39, 0.29) is 6.04 Å². The number of likely N-dealkylation sites (N-methyl/N-ethyl adjacent to an activating group) is 1. The zero-order valence-electron chi connectivity index (χ0n) is 10.9. The third-order valence-corrected chi connectivity index (χ3v) is 3.05. The van der Waals surface area contributed by atoms with Gasteiger partial charge in [-0.05, 0) is 36.6 Å². The van der Waals surface area contributed by atoms with Gasteiger partial charge in [-0.15, -0.1) is 0 Å². The average Bonchev–Trinajstić information content (AvgIpc) is 2.35. The van der Waals surface area contributed by atoms with E-state index in [0.29, 0.717) is 5.92 Å². The molecule has 92 valence electrons. The first-order chi connectivity index (χ1) is 8.22. The van der Waals surface area contributed by atoms with Gasteiger partial charge in [0.1, 0.15) is 5.76 Å². The highest BCUT2D eigenvalue weighted by molar-refractivity contribution is 5.39. The molecule has 0 fully saturated rings. The monoisotopic (exact) mass is 231 g/mol. The summed E-state index contributed by atoms with van der Waals surface area (Å²) in [6.07, 6.45) is 3.17. The number of benzene rings is 1. The van der Waals surface area contributed by atoms with Crippen LogP contribution in [0.3, 0.4) is 0 Å². The van der Waals surface area contributed by atoms with Crippen LogP contribution in [0.5, 0.6) is 0 Å².